The molecule has 6 nitrogen and oxygen atoms in total. The number of rotatable bonds is 5. The summed E-state index contributed by atoms with van der Waals surface area (Å²) < 4.78 is 26.1. The minimum Gasteiger partial charge on any atom is -0.509 e. The van der Waals surface area contributed by atoms with Gasteiger partial charge in [-0.15, -0.1) is 0 Å². The summed E-state index contributed by atoms with van der Waals surface area (Å²) in [5.74, 6) is -1.28. The average molecular weight is 248 g/mol. The molecule has 0 saturated heterocycles. The fourth-order valence-electron chi connectivity index (χ4n) is 1.32. The second kappa shape index (κ2) is 5.23. The molecule has 2 N–H and O–H groups in total. The largest absolute Gasteiger partial charge is 0.509 e. The van der Waals surface area contributed by atoms with Crippen molar-refractivity contribution >= 4 is 15.4 Å². The first-order valence-corrected chi connectivity index (χ1v) is 6.36. The van der Waals surface area contributed by atoms with Gasteiger partial charge in [-0.1, -0.05) is 0 Å². The van der Waals surface area contributed by atoms with E-state index in [1.54, 1.807) is 0 Å². The third-order valence-corrected chi connectivity index (χ3v) is 3.95. The van der Waals surface area contributed by atoms with Gasteiger partial charge in [0.15, 0.2) is 5.76 Å². The Morgan fingerprint density at radius 2 is 1.94 bits per heavy atom. The molecule has 0 aromatic rings. The van der Waals surface area contributed by atoms with Crippen LogP contribution in [0.15, 0.2) is 11.5 Å². The lowest BCUT2D eigenvalue weighted by Crippen LogP contribution is -2.14. The zero-order chi connectivity index (χ0) is 12.3. The van der Waals surface area contributed by atoms with Gasteiger partial charge in [0, 0.05) is 14.2 Å². The fraction of sp³-hybridized carbons (Fsp3) is 0.750. The van der Waals surface area contributed by atoms with Gasteiger partial charge >= 0.3 is 7.60 Å². The van der Waals surface area contributed by atoms with E-state index in [1.807, 2.05) is 0 Å². The Morgan fingerprint density at radius 1 is 1.38 bits per heavy atom. The van der Waals surface area contributed by atoms with Crippen LogP contribution in [0.1, 0.15) is 6.42 Å². The summed E-state index contributed by atoms with van der Waals surface area (Å²) in [4.78, 5) is 0. The molecule has 0 aliphatic heterocycles. The van der Waals surface area contributed by atoms with Crippen LogP contribution in [0.5, 0.6) is 0 Å². The van der Waals surface area contributed by atoms with E-state index in [9.17, 15) is 14.8 Å². The summed E-state index contributed by atoms with van der Waals surface area (Å²) in [5, 5.41) is 18.7. The summed E-state index contributed by atoms with van der Waals surface area (Å²) in [7, 11) is 4.68. The van der Waals surface area contributed by atoms with Crippen molar-refractivity contribution in [2.24, 2.45) is 0 Å². The molecule has 0 fully saturated rings. The first kappa shape index (κ1) is 13.6. The average Bonchev–Trinajstić information content (AvgIpc) is 2.54. The van der Waals surface area contributed by atoms with Crippen molar-refractivity contribution in [2.45, 2.75) is 18.3 Å². The highest BCUT2D eigenvalue weighted by Crippen LogP contribution is 2.47. The van der Waals surface area contributed by atoms with E-state index in [4.69, 9.17) is 12.6 Å². The predicted octanol–water partition coefficient (Wildman–Crippen LogP) is 1.50. The van der Waals surface area contributed by atoms with Gasteiger partial charge in [-0.2, -0.15) is 0 Å². The number of hydrogen-bond donors (Lipinski definition) is 2. The highest BCUT2D eigenvalue weighted by atomic mass is 31.2. The Kier molecular flexibility index (Phi) is 4.44. The molecule has 16 heavy (non-hydrogen) atoms. The van der Waals surface area contributed by atoms with Crippen LogP contribution >= 0.6 is 7.60 Å². The molecule has 0 saturated carbocycles. The van der Waals surface area contributed by atoms with Gasteiger partial charge in [-0.3, -0.25) is 4.57 Å². The molecule has 1 aliphatic carbocycles. The smallest absolute Gasteiger partial charge is 0.355 e. The normalized spacial score (nSPS) is 26.4. The summed E-state index contributed by atoms with van der Waals surface area (Å²) >= 11 is 0. The van der Waals surface area contributed by atoms with Crippen LogP contribution in [-0.2, 0) is 18.3 Å². The Labute approximate surface area is 95.1 Å². The van der Waals surface area contributed by atoms with Crippen LogP contribution < -0.4 is 0 Å². The molecule has 0 bridgehead atoms. The molecule has 90 valence electrons. The van der Waals surface area contributed by atoms with E-state index in [0.29, 0.717) is 0 Å². The molecule has 2 atom stereocenters. The Hall–Kier alpha value is -0.485. The zero-order valence-corrected chi connectivity index (χ0v) is 10.0. The van der Waals surface area contributed by atoms with Crippen LogP contribution in [0.25, 0.3) is 0 Å². The summed E-state index contributed by atoms with van der Waals surface area (Å²) in [5.41, 5.74) is 0. The first-order chi connectivity index (χ1) is 7.43. The molecule has 1 aliphatic rings. The van der Waals surface area contributed by atoms with Crippen molar-refractivity contribution in [3.63, 3.8) is 0 Å². The molecule has 0 aromatic heterocycles. The molecule has 0 amide bonds. The zero-order valence-electron chi connectivity index (χ0n) is 9.12. The minimum atomic E-state index is -3.28. The van der Waals surface area contributed by atoms with Gasteiger partial charge in [-0.05, 0) is 12.2 Å². The maximum atomic E-state index is 11.6. The van der Waals surface area contributed by atoms with Crippen molar-refractivity contribution in [1.82, 2.24) is 0 Å². The molecule has 2 radical (unpaired) electrons. The number of allylic oxidation sites excluding steroid dienone is 1. The van der Waals surface area contributed by atoms with E-state index in [0.717, 1.165) is 0 Å². The first-order valence-electron chi connectivity index (χ1n) is 4.63. The van der Waals surface area contributed by atoms with Crippen LogP contribution in [0.4, 0.5) is 0 Å². The van der Waals surface area contributed by atoms with Crippen LogP contribution in [-0.4, -0.2) is 44.7 Å². The van der Waals surface area contributed by atoms with Gasteiger partial charge in [0.2, 0.25) is 0 Å². The van der Waals surface area contributed by atoms with Gasteiger partial charge in [-0.25, -0.2) is 0 Å². The highest BCUT2D eigenvalue weighted by Gasteiger charge is 2.33. The van der Waals surface area contributed by atoms with Crippen molar-refractivity contribution in [1.29, 1.82) is 0 Å². The Bertz CT molecular complexity index is 322. The Balaban J connectivity index is 2.56. The van der Waals surface area contributed by atoms with Crippen molar-refractivity contribution in [3.8, 4) is 0 Å². The molecule has 8 heteroatoms. The molecular formula is C8H14BO6P. The maximum Gasteiger partial charge on any atom is 0.355 e. The monoisotopic (exact) mass is 248 g/mol. The standard InChI is InChI=1S/C8H14BO6P/c1-13-16(12,14-2)4-15-6-3-5(9)7(10)8(6)11/h5-6,10-11H,3-4H2,1-2H3. The van der Waals surface area contributed by atoms with Gasteiger partial charge in [0.25, 0.3) is 0 Å². The van der Waals surface area contributed by atoms with E-state index in [-0.39, 0.29) is 24.3 Å². The fourth-order valence-corrected chi connectivity index (χ4v) is 2.04. The maximum absolute atomic E-state index is 11.6. The van der Waals surface area contributed by atoms with Gasteiger partial charge in [0.1, 0.15) is 18.2 Å². The molecule has 0 heterocycles. The Morgan fingerprint density at radius 3 is 2.31 bits per heavy atom. The third-order valence-electron chi connectivity index (χ3n) is 2.38. The van der Waals surface area contributed by atoms with Crippen molar-refractivity contribution in [2.75, 3.05) is 20.6 Å². The number of aliphatic hydroxyl groups excluding tert-OH is 2. The van der Waals surface area contributed by atoms with Crippen LogP contribution in [0.2, 0.25) is 5.82 Å². The topological polar surface area (TPSA) is 85.2 Å². The van der Waals surface area contributed by atoms with Gasteiger partial charge < -0.3 is 24.0 Å². The molecule has 1 rings (SSSR count). The minimum absolute atomic E-state index is 0.227. The van der Waals surface area contributed by atoms with Crippen LogP contribution in [0, 0.1) is 0 Å². The summed E-state index contributed by atoms with van der Waals surface area (Å²) in [6, 6.07) is 0. The number of hydrogen-bond acceptors (Lipinski definition) is 6. The predicted molar refractivity (Wildman–Crippen MR) is 57.8 cm³/mol. The van der Waals surface area contributed by atoms with Crippen LogP contribution in [0.3, 0.4) is 0 Å². The number of ether oxygens (including phenoxy) is 1. The third kappa shape index (κ3) is 2.80. The lowest BCUT2D eigenvalue weighted by atomic mass is 9.86. The van der Waals surface area contributed by atoms with E-state index < -0.39 is 19.5 Å². The lowest BCUT2D eigenvalue weighted by Gasteiger charge is -2.17. The van der Waals surface area contributed by atoms with Crippen molar-refractivity contribution < 1.29 is 28.6 Å². The second-order valence-electron chi connectivity index (χ2n) is 3.37. The second-order valence-corrected chi connectivity index (χ2v) is 5.58. The summed E-state index contributed by atoms with van der Waals surface area (Å²) in [6.07, 6.45) is -0.853. The van der Waals surface area contributed by atoms with E-state index >= 15 is 0 Å². The molecule has 0 aromatic carbocycles. The lowest BCUT2D eigenvalue weighted by molar-refractivity contribution is 0.0674. The van der Waals surface area contributed by atoms with Gasteiger partial charge in [0.05, 0.1) is 7.85 Å². The SMILES string of the molecule is [B]C1CC(OCP(=O)(OC)OC)C(O)=C1O. The van der Waals surface area contributed by atoms with Crippen molar-refractivity contribution in [3.05, 3.63) is 11.5 Å². The molecule has 0 spiro atoms. The van der Waals surface area contributed by atoms with E-state index in [2.05, 4.69) is 9.05 Å². The summed E-state index contributed by atoms with van der Waals surface area (Å²) in [6.45, 7) is 0. The number of aliphatic hydroxyl groups is 2. The molecular weight excluding hydrogens is 234 g/mol. The quantitative estimate of drug-likeness (QED) is 0.566. The van der Waals surface area contributed by atoms with E-state index in [1.165, 1.54) is 14.2 Å². The highest BCUT2D eigenvalue weighted by molar-refractivity contribution is 7.53. The molecule has 2 unspecified atom stereocenters.